The van der Waals surface area contributed by atoms with E-state index in [9.17, 15) is 4.79 Å². The highest BCUT2D eigenvalue weighted by Crippen LogP contribution is 2.23. The first-order valence-corrected chi connectivity index (χ1v) is 5.71. The van der Waals surface area contributed by atoms with Crippen LogP contribution < -0.4 is 0 Å². The van der Waals surface area contributed by atoms with Gasteiger partial charge in [-0.2, -0.15) is 0 Å². The molecular weight excluding hydrogens is 216 g/mol. The summed E-state index contributed by atoms with van der Waals surface area (Å²) < 4.78 is 10.8. The fourth-order valence-electron chi connectivity index (χ4n) is 1.50. The van der Waals surface area contributed by atoms with Crippen LogP contribution in [0.25, 0.3) is 0 Å². The van der Waals surface area contributed by atoms with Crippen LogP contribution in [0.2, 0.25) is 0 Å². The molecule has 0 aliphatic heterocycles. The minimum Gasteiger partial charge on any atom is -0.458 e. The van der Waals surface area contributed by atoms with Crippen molar-refractivity contribution in [2.45, 2.75) is 38.4 Å². The Morgan fingerprint density at radius 2 is 2.18 bits per heavy atom. The maximum atomic E-state index is 11.5. The standard InChI is InChI=1S/C14H20O3/c1-5-14(9-7-6-8-10-14)16-11-12(15)17-13(2,3)4/h5-9H,1,10-11H2,2-4H3. The van der Waals surface area contributed by atoms with E-state index in [0.29, 0.717) is 6.42 Å². The lowest BCUT2D eigenvalue weighted by Crippen LogP contribution is -2.33. The fourth-order valence-corrected chi connectivity index (χ4v) is 1.50. The summed E-state index contributed by atoms with van der Waals surface area (Å²) >= 11 is 0. The first-order chi connectivity index (χ1) is 7.87. The lowest BCUT2D eigenvalue weighted by atomic mass is 9.95. The molecule has 1 rings (SSSR count). The van der Waals surface area contributed by atoms with Crippen LogP contribution in [0.5, 0.6) is 0 Å². The molecule has 1 aliphatic rings. The second-order valence-corrected chi connectivity index (χ2v) is 5.03. The van der Waals surface area contributed by atoms with Crippen molar-refractivity contribution >= 4 is 5.97 Å². The van der Waals surface area contributed by atoms with Crippen molar-refractivity contribution in [1.29, 1.82) is 0 Å². The van der Waals surface area contributed by atoms with E-state index in [4.69, 9.17) is 9.47 Å². The van der Waals surface area contributed by atoms with E-state index in [1.165, 1.54) is 0 Å². The minimum atomic E-state index is -0.578. The summed E-state index contributed by atoms with van der Waals surface area (Å²) in [5, 5.41) is 0. The molecule has 1 aliphatic carbocycles. The number of allylic oxidation sites excluding steroid dienone is 2. The van der Waals surface area contributed by atoms with E-state index in [-0.39, 0.29) is 12.6 Å². The Hall–Kier alpha value is -1.35. The maximum Gasteiger partial charge on any atom is 0.332 e. The molecule has 17 heavy (non-hydrogen) atoms. The molecule has 0 aromatic carbocycles. The molecule has 0 N–H and O–H groups in total. The summed E-state index contributed by atoms with van der Waals surface area (Å²) in [7, 11) is 0. The zero-order valence-electron chi connectivity index (χ0n) is 10.7. The van der Waals surface area contributed by atoms with Crippen LogP contribution in [0, 0.1) is 0 Å². The van der Waals surface area contributed by atoms with Gasteiger partial charge in [0.25, 0.3) is 0 Å². The molecule has 0 saturated carbocycles. The molecule has 3 nitrogen and oxygen atoms in total. The second-order valence-electron chi connectivity index (χ2n) is 5.03. The van der Waals surface area contributed by atoms with Crippen LogP contribution in [0.1, 0.15) is 27.2 Å². The normalized spacial score (nSPS) is 23.5. The van der Waals surface area contributed by atoms with Crippen LogP contribution in [-0.4, -0.2) is 23.8 Å². The van der Waals surface area contributed by atoms with Gasteiger partial charge in [-0.15, -0.1) is 0 Å². The van der Waals surface area contributed by atoms with Crippen molar-refractivity contribution in [2.75, 3.05) is 6.61 Å². The second kappa shape index (κ2) is 5.32. The average molecular weight is 236 g/mol. The Balaban J connectivity index is 2.49. The van der Waals surface area contributed by atoms with Gasteiger partial charge in [-0.25, -0.2) is 4.79 Å². The molecule has 0 radical (unpaired) electrons. The topological polar surface area (TPSA) is 35.5 Å². The van der Waals surface area contributed by atoms with Gasteiger partial charge < -0.3 is 9.47 Å². The largest absolute Gasteiger partial charge is 0.458 e. The van der Waals surface area contributed by atoms with Gasteiger partial charge >= 0.3 is 5.97 Å². The molecule has 3 heteroatoms. The number of esters is 1. The molecule has 1 unspecified atom stereocenters. The lowest BCUT2D eigenvalue weighted by molar-refractivity contribution is -0.163. The maximum absolute atomic E-state index is 11.5. The minimum absolute atomic E-state index is 0.0680. The molecule has 0 spiro atoms. The Bertz CT molecular complexity index is 347. The van der Waals surface area contributed by atoms with Crippen LogP contribution in [0.3, 0.4) is 0 Å². The van der Waals surface area contributed by atoms with Crippen molar-refractivity contribution in [2.24, 2.45) is 0 Å². The Labute approximate surface area is 103 Å². The van der Waals surface area contributed by atoms with Crippen molar-refractivity contribution < 1.29 is 14.3 Å². The number of carbonyl (C=O) groups excluding carboxylic acids is 1. The first-order valence-electron chi connectivity index (χ1n) is 5.71. The van der Waals surface area contributed by atoms with Gasteiger partial charge in [-0.3, -0.25) is 0 Å². The van der Waals surface area contributed by atoms with Crippen molar-refractivity contribution in [1.82, 2.24) is 0 Å². The first kappa shape index (κ1) is 13.7. The fraction of sp³-hybridized carbons (Fsp3) is 0.500. The lowest BCUT2D eigenvalue weighted by Gasteiger charge is -2.28. The van der Waals surface area contributed by atoms with Gasteiger partial charge in [0.05, 0.1) is 0 Å². The molecule has 0 fully saturated rings. The van der Waals surface area contributed by atoms with Gasteiger partial charge in [-0.05, 0) is 26.8 Å². The third-order valence-corrected chi connectivity index (χ3v) is 2.29. The third kappa shape index (κ3) is 4.57. The van der Waals surface area contributed by atoms with Crippen LogP contribution in [0.15, 0.2) is 37.0 Å². The Morgan fingerprint density at radius 1 is 1.47 bits per heavy atom. The molecule has 0 aromatic rings. The molecule has 0 bridgehead atoms. The molecule has 94 valence electrons. The Morgan fingerprint density at radius 3 is 2.65 bits per heavy atom. The van der Waals surface area contributed by atoms with Gasteiger partial charge in [0.2, 0.25) is 0 Å². The Kier molecular flexibility index (Phi) is 4.29. The smallest absolute Gasteiger partial charge is 0.332 e. The number of ether oxygens (including phenoxy) is 2. The van der Waals surface area contributed by atoms with Crippen molar-refractivity contribution in [3.8, 4) is 0 Å². The van der Waals surface area contributed by atoms with Crippen molar-refractivity contribution in [3.05, 3.63) is 37.0 Å². The van der Waals surface area contributed by atoms with E-state index in [0.717, 1.165) is 0 Å². The highest BCUT2D eigenvalue weighted by atomic mass is 16.6. The van der Waals surface area contributed by atoms with E-state index < -0.39 is 11.2 Å². The highest BCUT2D eigenvalue weighted by Gasteiger charge is 2.26. The number of hydrogen-bond acceptors (Lipinski definition) is 3. The molecule has 0 amide bonds. The van der Waals surface area contributed by atoms with E-state index in [1.807, 2.05) is 45.1 Å². The SMILES string of the molecule is C=CC1(OCC(=O)OC(C)(C)C)C=CC=CC1. The van der Waals surface area contributed by atoms with Gasteiger partial charge in [0, 0.05) is 6.42 Å². The zero-order valence-corrected chi connectivity index (χ0v) is 10.7. The summed E-state index contributed by atoms with van der Waals surface area (Å²) in [6.07, 6.45) is 10.1. The van der Waals surface area contributed by atoms with Crippen LogP contribution >= 0.6 is 0 Å². The molecule has 0 saturated heterocycles. The summed E-state index contributed by atoms with van der Waals surface area (Å²) in [5.74, 6) is -0.360. The summed E-state index contributed by atoms with van der Waals surface area (Å²) in [6.45, 7) is 9.17. The third-order valence-electron chi connectivity index (χ3n) is 2.29. The zero-order chi connectivity index (χ0) is 12.9. The number of carbonyl (C=O) groups is 1. The van der Waals surface area contributed by atoms with Crippen LogP contribution in [0.4, 0.5) is 0 Å². The average Bonchev–Trinajstić information content (AvgIpc) is 2.25. The number of hydrogen-bond donors (Lipinski definition) is 0. The van der Waals surface area contributed by atoms with Gasteiger partial charge in [0.1, 0.15) is 17.8 Å². The summed E-state index contributed by atoms with van der Waals surface area (Å²) in [4.78, 5) is 11.5. The van der Waals surface area contributed by atoms with Gasteiger partial charge in [-0.1, -0.05) is 30.9 Å². The van der Waals surface area contributed by atoms with E-state index in [2.05, 4.69) is 6.58 Å². The van der Waals surface area contributed by atoms with E-state index in [1.54, 1.807) is 6.08 Å². The molecule has 0 heterocycles. The predicted molar refractivity (Wildman–Crippen MR) is 67.6 cm³/mol. The monoisotopic (exact) mass is 236 g/mol. The quantitative estimate of drug-likeness (QED) is 0.556. The molecule has 1 atom stereocenters. The highest BCUT2D eigenvalue weighted by molar-refractivity contribution is 5.71. The molecular formula is C14H20O3. The molecule has 0 aromatic heterocycles. The summed E-state index contributed by atoms with van der Waals surface area (Å²) in [5.41, 5.74) is -1.06. The summed E-state index contributed by atoms with van der Waals surface area (Å²) in [6, 6.07) is 0. The van der Waals surface area contributed by atoms with Crippen molar-refractivity contribution in [3.63, 3.8) is 0 Å². The predicted octanol–water partition coefficient (Wildman–Crippen LogP) is 2.79. The van der Waals surface area contributed by atoms with E-state index >= 15 is 0 Å². The van der Waals surface area contributed by atoms with Crippen LogP contribution in [-0.2, 0) is 14.3 Å². The van der Waals surface area contributed by atoms with Gasteiger partial charge in [0.15, 0.2) is 0 Å². The number of rotatable bonds is 4.